The number of hydrogen-bond acceptors (Lipinski definition) is 6. The molecule has 0 saturated carbocycles. The van der Waals surface area contributed by atoms with Gasteiger partial charge in [0.2, 0.25) is 0 Å². The highest BCUT2D eigenvalue weighted by molar-refractivity contribution is 6.06. The van der Waals surface area contributed by atoms with Crippen molar-refractivity contribution in [2.24, 2.45) is 0 Å². The molecule has 0 aliphatic carbocycles. The van der Waals surface area contributed by atoms with Gasteiger partial charge in [0.15, 0.2) is 0 Å². The first kappa shape index (κ1) is 23.6. The van der Waals surface area contributed by atoms with Crippen LogP contribution >= 0.6 is 0 Å². The van der Waals surface area contributed by atoms with Crippen molar-refractivity contribution >= 4 is 17.4 Å². The molecule has 3 heterocycles. The number of anilines is 2. The van der Waals surface area contributed by atoms with Crippen molar-refractivity contribution in [3.63, 3.8) is 0 Å². The number of rotatable bonds is 6. The van der Waals surface area contributed by atoms with Crippen molar-refractivity contribution in [3.8, 4) is 16.9 Å². The van der Waals surface area contributed by atoms with Crippen LogP contribution in [-0.4, -0.2) is 47.8 Å². The van der Waals surface area contributed by atoms with Crippen LogP contribution in [0.15, 0.2) is 55.0 Å². The molecular weight excluding hydrogens is 442 g/mol. The van der Waals surface area contributed by atoms with Gasteiger partial charge in [0, 0.05) is 31.0 Å². The van der Waals surface area contributed by atoms with Crippen LogP contribution in [0.2, 0.25) is 0 Å². The number of carbonyl (C=O) groups is 1. The Labute approximate surface area is 196 Å². The Balaban J connectivity index is 1.47. The van der Waals surface area contributed by atoms with Gasteiger partial charge in [-0.25, -0.2) is 4.98 Å². The van der Waals surface area contributed by atoms with Crippen molar-refractivity contribution < 1.29 is 23.0 Å². The van der Waals surface area contributed by atoms with Crippen LogP contribution in [0.25, 0.3) is 11.1 Å². The Kier molecular flexibility index (Phi) is 7.02. The van der Waals surface area contributed by atoms with E-state index in [1.165, 1.54) is 18.3 Å². The normalized spacial score (nSPS) is 18.1. The molecule has 1 aliphatic heterocycles. The lowest BCUT2D eigenvalue weighted by Gasteiger charge is -2.36. The molecule has 0 spiro atoms. The number of amides is 1. The Morgan fingerprint density at radius 2 is 1.79 bits per heavy atom. The minimum atomic E-state index is -2.88. The quantitative estimate of drug-likeness (QED) is 0.554. The predicted octanol–water partition coefficient (Wildman–Crippen LogP) is 4.92. The number of morpholine rings is 1. The lowest BCUT2D eigenvalue weighted by Crippen LogP contribution is -2.45. The van der Waals surface area contributed by atoms with Crippen LogP contribution < -0.4 is 15.0 Å². The summed E-state index contributed by atoms with van der Waals surface area (Å²) in [5, 5.41) is 2.87. The summed E-state index contributed by atoms with van der Waals surface area (Å²) in [7, 11) is 0. The fourth-order valence-electron chi connectivity index (χ4n) is 4.07. The number of aromatic nitrogens is 2. The summed E-state index contributed by atoms with van der Waals surface area (Å²) in [6, 6.07) is 9.91. The van der Waals surface area contributed by atoms with Gasteiger partial charge in [-0.1, -0.05) is 12.1 Å². The van der Waals surface area contributed by atoms with Gasteiger partial charge in [-0.2, -0.15) is 8.78 Å². The van der Waals surface area contributed by atoms with Crippen molar-refractivity contribution in [2.45, 2.75) is 39.6 Å². The molecule has 0 radical (unpaired) electrons. The zero-order valence-corrected chi connectivity index (χ0v) is 19.2. The molecule has 7 nitrogen and oxygen atoms in total. The van der Waals surface area contributed by atoms with Crippen molar-refractivity contribution in [3.05, 3.63) is 66.1 Å². The van der Waals surface area contributed by atoms with Gasteiger partial charge in [-0.05, 0) is 56.2 Å². The molecule has 1 amide bonds. The van der Waals surface area contributed by atoms with Crippen LogP contribution in [0, 0.1) is 6.92 Å². The summed E-state index contributed by atoms with van der Waals surface area (Å²) in [6.07, 6.45) is 5.02. The first-order chi connectivity index (χ1) is 16.3. The molecule has 9 heteroatoms. The molecule has 34 heavy (non-hydrogen) atoms. The van der Waals surface area contributed by atoms with Crippen LogP contribution in [0.1, 0.15) is 29.8 Å². The molecule has 1 N–H and O–H groups in total. The van der Waals surface area contributed by atoms with E-state index in [1.54, 1.807) is 24.5 Å². The Morgan fingerprint density at radius 3 is 2.41 bits per heavy atom. The summed E-state index contributed by atoms with van der Waals surface area (Å²) in [6.45, 7) is 4.52. The van der Waals surface area contributed by atoms with E-state index in [9.17, 15) is 13.6 Å². The molecule has 178 valence electrons. The van der Waals surface area contributed by atoms with Gasteiger partial charge in [-0.15, -0.1) is 0 Å². The molecular formula is C25H26F2N4O3. The molecule has 1 aliphatic rings. The fraction of sp³-hybridized carbons (Fsp3) is 0.320. The minimum absolute atomic E-state index is 0.0650. The highest BCUT2D eigenvalue weighted by Gasteiger charge is 2.23. The highest BCUT2D eigenvalue weighted by atomic mass is 19.3. The van der Waals surface area contributed by atoms with Crippen molar-refractivity contribution in [1.82, 2.24) is 9.97 Å². The third-order valence-electron chi connectivity index (χ3n) is 5.60. The number of hydrogen-bond donors (Lipinski definition) is 1. The number of carbonyl (C=O) groups excluding carboxylic acids is 1. The molecule has 1 saturated heterocycles. The van der Waals surface area contributed by atoms with E-state index < -0.39 is 6.61 Å². The van der Waals surface area contributed by atoms with Gasteiger partial charge < -0.3 is 19.7 Å². The summed E-state index contributed by atoms with van der Waals surface area (Å²) in [4.78, 5) is 23.8. The maximum Gasteiger partial charge on any atom is 0.387 e. The van der Waals surface area contributed by atoms with E-state index in [4.69, 9.17) is 4.74 Å². The lowest BCUT2D eigenvalue weighted by atomic mass is 9.99. The number of nitrogens with zero attached hydrogens (tertiary/aromatic N) is 3. The van der Waals surface area contributed by atoms with Crippen LogP contribution in [0.4, 0.5) is 20.3 Å². The summed E-state index contributed by atoms with van der Waals surface area (Å²) >= 11 is 0. The number of pyridine rings is 2. The predicted molar refractivity (Wildman–Crippen MR) is 125 cm³/mol. The standard InChI is InChI=1S/C25H26F2N4O3/c1-15-13-31(14-16(2)33-15)23-9-6-19(10-29-23)30-24(32)22-12-28-11-21(17(22)3)18-4-7-20(8-5-18)34-25(26)27/h4-12,15-16,25H,13-14H2,1-3H3,(H,30,32)/t15-,16+. The molecule has 1 aromatic carbocycles. The Bertz CT molecular complexity index is 1130. The average Bonchev–Trinajstić information content (AvgIpc) is 2.79. The first-order valence-electron chi connectivity index (χ1n) is 11.0. The molecule has 0 bridgehead atoms. The number of nitrogens with one attached hydrogen (secondary N) is 1. The number of alkyl halides is 2. The maximum absolute atomic E-state index is 13.0. The second-order valence-corrected chi connectivity index (χ2v) is 8.28. The second kappa shape index (κ2) is 10.1. The van der Waals surface area contributed by atoms with Gasteiger partial charge >= 0.3 is 6.61 Å². The van der Waals surface area contributed by atoms with E-state index in [0.29, 0.717) is 11.3 Å². The van der Waals surface area contributed by atoms with E-state index >= 15 is 0 Å². The van der Waals surface area contributed by atoms with Crippen LogP contribution in [0.5, 0.6) is 5.75 Å². The summed E-state index contributed by atoms with van der Waals surface area (Å²) in [5.41, 5.74) is 3.16. The third kappa shape index (κ3) is 5.48. The maximum atomic E-state index is 13.0. The molecule has 2 atom stereocenters. The van der Waals surface area contributed by atoms with E-state index in [0.717, 1.165) is 35.6 Å². The van der Waals surface area contributed by atoms with E-state index in [-0.39, 0.29) is 23.9 Å². The van der Waals surface area contributed by atoms with Gasteiger partial charge in [0.1, 0.15) is 11.6 Å². The molecule has 0 unspecified atom stereocenters. The Hall–Kier alpha value is -3.59. The molecule has 1 fully saturated rings. The SMILES string of the molecule is Cc1c(C(=O)Nc2ccc(N3C[C@@H](C)O[C@@H](C)C3)nc2)cncc1-c1ccc(OC(F)F)cc1. The zero-order chi connectivity index (χ0) is 24.2. The van der Waals surface area contributed by atoms with Crippen molar-refractivity contribution in [2.75, 3.05) is 23.3 Å². The summed E-state index contributed by atoms with van der Waals surface area (Å²) < 4.78 is 34.9. The largest absolute Gasteiger partial charge is 0.435 e. The number of halogens is 2. The zero-order valence-electron chi connectivity index (χ0n) is 19.2. The number of benzene rings is 1. The lowest BCUT2D eigenvalue weighted by molar-refractivity contribution is -0.0498. The van der Waals surface area contributed by atoms with E-state index in [2.05, 4.69) is 24.9 Å². The second-order valence-electron chi connectivity index (χ2n) is 8.28. The first-order valence-corrected chi connectivity index (χ1v) is 11.0. The third-order valence-corrected chi connectivity index (χ3v) is 5.60. The molecule has 3 aromatic rings. The van der Waals surface area contributed by atoms with Gasteiger partial charge in [0.25, 0.3) is 5.91 Å². The molecule has 4 rings (SSSR count). The van der Waals surface area contributed by atoms with Gasteiger partial charge in [-0.3, -0.25) is 9.78 Å². The Morgan fingerprint density at radius 1 is 1.09 bits per heavy atom. The highest BCUT2D eigenvalue weighted by Crippen LogP contribution is 2.28. The molecule has 2 aromatic heterocycles. The average molecular weight is 469 g/mol. The summed E-state index contributed by atoms with van der Waals surface area (Å²) in [5.74, 6) is 0.585. The van der Waals surface area contributed by atoms with E-state index in [1.807, 2.05) is 32.9 Å². The van der Waals surface area contributed by atoms with Gasteiger partial charge in [0.05, 0.1) is 29.7 Å². The van der Waals surface area contributed by atoms with Crippen LogP contribution in [0.3, 0.4) is 0 Å². The van der Waals surface area contributed by atoms with Crippen LogP contribution in [-0.2, 0) is 4.74 Å². The monoisotopic (exact) mass is 468 g/mol. The minimum Gasteiger partial charge on any atom is -0.435 e. The van der Waals surface area contributed by atoms with Crippen molar-refractivity contribution in [1.29, 1.82) is 0 Å². The number of ether oxygens (including phenoxy) is 2. The smallest absolute Gasteiger partial charge is 0.387 e. The topological polar surface area (TPSA) is 76.6 Å². The fourth-order valence-corrected chi connectivity index (χ4v) is 4.07.